The molecule has 1 aromatic heterocycles. The molecule has 1 aromatic carbocycles. The third kappa shape index (κ3) is 3.11. The van der Waals surface area contributed by atoms with Crippen LogP contribution in [0.2, 0.25) is 0 Å². The van der Waals surface area contributed by atoms with Gasteiger partial charge in [0, 0.05) is 25.0 Å². The highest BCUT2D eigenvalue weighted by Gasteiger charge is 2.16. The first kappa shape index (κ1) is 15.2. The Hall–Kier alpha value is -2.21. The van der Waals surface area contributed by atoms with Crippen LogP contribution in [-0.2, 0) is 7.05 Å². The monoisotopic (exact) mass is 288 g/mol. The van der Waals surface area contributed by atoms with Crippen LogP contribution in [0.1, 0.15) is 17.4 Å². The number of rotatable bonds is 4. The Morgan fingerprint density at radius 1 is 1.33 bits per heavy atom. The van der Waals surface area contributed by atoms with Gasteiger partial charge >= 0.3 is 0 Å². The molecule has 112 valence electrons. The van der Waals surface area contributed by atoms with Gasteiger partial charge in [-0.2, -0.15) is 5.10 Å². The lowest BCUT2D eigenvalue weighted by molar-refractivity contribution is 0.0938. The Morgan fingerprint density at radius 2 is 1.95 bits per heavy atom. The molecule has 1 heterocycles. The number of likely N-dealkylation sites (N-methyl/N-ethyl adjacent to an activating group) is 1. The number of aryl methyl sites for hydroxylation is 1. The lowest BCUT2D eigenvalue weighted by Gasteiger charge is -2.20. The summed E-state index contributed by atoms with van der Waals surface area (Å²) in [6.45, 7) is 2.54. The first-order chi connectivity index (χ1) is 9.91. The molecule has 0 aliphatic carbocycles. The fourth-order valence-electron chi connectivity index (χ4n) is 1.97. The smallest absolute Gasteiger partial charge is 0.274 e. The molecule has 6 nitrogen and oxygen atoms in total. The average Bonchev–Trinajstić information content (AvgIpc) is 2.48. The van der Waals surface area contributed by atoms with Gasteiger partial charge in [-0.3, -0.25) is 9.59 Å². The van der Waals surface area contributed by atoms with Crippen molar-refractivity contribution < 1.29 is 4.79 Å². The number of hydrogen-bond donors (Lipinski definition) is 1. The largest absolute Gasteiger partial charge is 0.349 e. The van der Waals surface area contributed by atoms with Crippen LogP contribution in [0.3, 0.4) is 0 Å². The van der Waals surface area contributed by atoms with E-state index < -0.39 is 0 Å². The van der Waals surface area contributed by atoms with Gasteiger partial charge in [-0.15, -0.1) is 0 Å². The lowest BCUT2D eigenvalue weighted by atomic mass is 10.1. The van der Waals surface area contributed by atoms with Crippen LogP contribution in [0.25, 0.3) is 10.8 Å². The summed E-state index contributed by atoms with van der Waals surface area (Å²) in [4.78, 5) is 26.4. The second-order valence-corrected chi connectivity index (χ2v) is 5.35. The van der Waals surface area contributed by atoms with Crippen LogP contribution in [0, 0.1) is 0 Å². The fourth-order valence-corrected chi connectivity index (χ4v) is 1.97. The third-order valence-corrected chi connectivity index (χ3v) is 3.61. The van der Waals surface area contributed by atoms with Crippen LogP contribution in [0.15, 0.2) is 29.1 Å². The van der Waals surface area contributed by atoms with Crippen molar-refractivity contribution >= 4 is 16.7 Å². The van der Waals surface area contributed by atoms with Crippen LogP contribution in [0.4, 0.5) is 0 Å². The number of benzene rings is 1. The maximum Gasteiger partial charge on any atom is 0.274 e. The Kier molecular flexibility index (Phi) is 4.37. The first-order valence-electron chi connectivity index (χ1n) is 6.82. The quantitative estimate of drug-likeness (QED) is 0.895. The van der Waals surface area contributed by atoms with Crippen molar-refractivity contribution in [1.82, 2.24) is 20.0 Å². The zero-order valence-corrected chi connectivity index (χ0v) is 12.8. The molecule has 0 saturated heterocycles. The molecule has 0 aliphatic rings. The predicted molar refractivity (Wildman–Crippen MR) is 82.5 cm³/mol. The maximum atomic E-state index is 12.3. The molecular formula is C15H20N4O2. The Labute approximate surface area is 123 Å². The minimum absolute atomic E-state index is 0.205. The van der Waals surface area contributed by atoms with Crippen LogP contribution in [-0.4, -0.2) is 47.3 Å². The molecule has 2 rings (SSSR count). The minimum Gasteiger partial charge on any atom is -0.349 e. The van der Waals surface area contributed by atoms with E-state index in [1.807, 2.05) is 25.9 Å². The number of fused-ring (bicyclic) bond motifs is 1. The number of amides is 1. The molecule has 1 atom stereocenters. The first-order valence-corrected chi connectivity index (χ1v) is 6.82. The van der Waals surface area contributed by atoms with Gasteiger partial charge in [0.15, 0.2) is 5.69 Å². The summed E-state index contributed by atoms with van der Waals surface area (Å²) in [5.74, 6) is -0.268. The van der Waals surface area contributed by atoms with Crippen LogP contribution >= 0.6 is 0 Å². The normalized spacial score (nSPS) is 12.6. The van der Waals surface area contributed by atoms with E-state index in [-0.39, 0.29) is 23.2 Å². The molecule has 21 heavy (non-hydrogen) atoms. The van der Waals surface area contributed by atoms with Gasteiger partial charge in [0.05, 0.1) is 5.39 Å². The summed E-state index contributed by atoms with van der Waals surface area (Å²) < 4.78 is 1.20. The topological polar surface area (TPSA) is 67.2 Å². The molecule has 6 heteroatoms. The molecule has 0 unspecified atom stereocenters. The number of nitrogens with zero attached hydrogens (tertiary/aromatic N) is 3. The van der Waals surface area contributed by atoms with Gasteiger partial charge < -0.3 is 10.2 Å². The Balaban J connectivity index is 2.36. The molecule has 0 bridgehead atoms. The standard InChI is InChI=1S/C15H20N4O2/c1-10(18(2)3)9-16-14(20)13-11-7-5-6-8-12(11)15(21)19(4)17-13/h5-8,10H,9H2,1-4H3,(H,16,20)/t10-/m1/s1. The van der Waals surface area contributed by atoms with Crippen molar-refractivity contribution in [2.45, 2.75) is 13.0 Å². The highest BCUT2D eigenvalue weighted by atomic mass is 16.2. The number of carbonyl (C=O) groups is 1. The molecule has 0 saturated carbocycles. The van der Waals surface area contributed by atoms with E-state index in [4.69, 9.17) is 0 Å². The molecular weight excluding hydrogens is 268 g/mol. The second kappa shape index (κ2) is 6.05. The average molecular weight is 288 g/mol. The van der Waals surface area contributed by atoms with Gasteiger partial charge in [-0.05, 0) is 27.1 Å². The van der Waals surface area contributed by atoms with E-state index in [0.29, 0.717) is 17.3 Å². The van der Waals surface area contributed by atoms with E-state index in [0.717, 1.165) is 0 Å². The van der Waals surface area contributed by atoms with Gasteiger partial charge in [-0.1, -0.05) is 18.2 Å². The molecule has 0 spiro atoms. The van der Waals surface area contributed by atoms with Crippen molar-refractivity contribution in [2.24, 2.45) is 7.05 Å². The zero-order valence-electron chi connectivity index (χ0n) is 12.8. The maximum absolute atomic E-state index is 12.3. The number of nitrogens with one attached hydrogen (secondary N) is 1. The summed E-state index contributed by atoms with van der Waals surface area (Å²) in [5, 5.41) is 8.04. The van der Waals surface area contributed by atoms with Gasteiger partial charge in [0.2, 0.25) is 0 Å². The van der Waals surface area contributed by atoms with Gasteiger partial charge in [0.25, 0.3) is 11.5 Å². The highest BCUT2D eigenvalue weighted by Crippen LogP contribution is 2.12. The van der Waals surface area contributed by atoms with Crippen molar-refractivity contribution in [2.75, 3.05) is 20.6 Å². The number of aromatic nitrogens is 2. The van der Waals surface area contributed by atoms with Crippen molar-refractivity contribution in [3.8, 4) is 0 Å². The van der Waals surface area contributed by atoms with Crippen LogP contribution < -0.4 is 10.9 Å². The van der Waals surface area contributed by atoms with Gasteiger partial charge in [-0.25, -0.2) is 4.68 Å². The predicted octanol–water partition coefficient (Wildman–Crippen LogP) is 0.613. The van der Waals surface area contributed by atoms with E-state index in [9.17, 15) is 9.59 Å². The molecule has 2 aromatic rings. The highest BCUT2D eigenvalue weighted by molar-refractivity contribution is 6.04. The summed E-state index contributed by atoms with van der Waals surface area (Å²) in [5.41, 5.74) is 0.0717. The fraction of sp³-hybridized carbons (Fsp3) is 0.400. The summed E-state index contributed by atoms with van der Waals surface area (Å²) in [6.07, 6.45) is 0. The number of hydrogen-bond acceptors (Lipinski definition) is 4. The molecule has 1 N–H and O–H groups in total. The lowest BCUT2D eigenvalue weighted by Crippen LogP contribution is -2.39. The van der Waals surface area contributed by atoms with E-state index in [1.165, 1.54) is 4.68 Å². The van der Waals surface area contributed by atoms with Crippen molar-refractivity contribution in [3.05, 3.63) is 40.3 Å². The van der Waals surface area contributed by atoms with Crippen molar-refractivity contribution in [3.63, 3.8) is 0 Å². The summed E-state index contributed by atoms with van der Waals surface area (Å²) >= 11 is 0. The van der Waals surface area contributed by atoms with E-state index in [2.05, 4.69) is 10.4 Å². The zero-order chi connectivity index (χ0) is 15.6. The molecule has 1 amide bonds. The SMILES string of the molecule is C[C@H](CNC(=O)c1nn(C)c(=O)c2ccccc12)N(C)C. The Bertz CT molecular complexity index is 721. The molecule has 0 aliphatic heterocycles. The molecule has 0 fully saturated rings. The van der Waals surface area contributed by atoms with Gasteiger partial charge in [0.1, 0.15) is 0 Å². The third-order valence-electron chi connectivity index (χ3n) is 3.61. The minimum atomic E-state index is -0.268. The van der Waals surface area contributed by atoms with Crippen molar-refractivity contribution in [1.29, 1.82) is 0 Å². The van der Waals surface area contributed by atoms with E-state index in [1.54, 1.807) is 31.3 Å². The van der Waals surface area contributed by atoms with Crippen LogP contribution in [0.5, 0.6) is 0 Å². The number of carbonyl (C=O) groups excluding carboxylic acids is 1. The summed E-state index contributed by atoms with van der Waals surface area (Å²) in [7, 11) is 5.46. The second-order valence-electron chi connectivity index (χ2n) is 5.35. The molecule has 0 radical (unpaired) electrons. The summed E-state index contributed by atoms with van der Waals surface area (Å²) in [6, 6.07) is 7.24. The Morgan fingerprint density at radius 3 is 2.57 bits per heavy atom. The van der Waals surface area contributed by atoms with E-state index >= 15 is 0 Å².